The minimum Gasteiger partial charge on any atom is -0.373 e. The van der Waals surface area contributed by atoms with Crippen LogP contribution in [0.2, 0.25) is 5.28 Å². The van der Waals surface area contributed by atoms with Gasteiger partial charge in [0.05, 0.1) is 23.3 Å². The lowest BCUT2D eigenvalue weighted by atomic mass is 9.87. The van der Waals surface area contributed by atoms with Gasteiger partial charge in [-0.15, -0.1) is 0 Å². The van der Waals surface area contributed by atoms with Crippen LogP contribution in [0.5, 0.6) is 0 Å². The summed E-state index contributed by atoms with van der Waals surface area (Å²) in [6, 6.07) is 1.82. The van der Waals surface area contributed by atoms with Gasteiger partial charge in [0, 0.05) is 18.2 Å². The zero-order valence-electron chi connectivity index (χ0n) is 13.1. The summed E-state index contributed by atoms with van der Waals surface area (Å²) < 4.78 is 6.01. The molecule has 1 unspecified atom stereocenters. The first kappa shape index (κ1) is 16.2. The van der Waals surface area contributed by atoms with E-state index in [4.69, 9.17) is 16.3 Å². The maximum Gasteiger partial charge on any atom is 0.229 e. The maximum absolute atomic E-state index is 12.2. The molecule has 0 bridgehead atoms. The SMILES string of the molecule is Cc1cc([C@@H]2C(=O)NCC2[C@@H](C)OC(C)(C)C)nc(Cl)n1. The molecule has 5 nitrogen and oxygen atoms in total. The van der Waals surface area contributed by atoms with E-state index >= 15 is 0 Å². The summed E-state index contributed by atoms with van der Waals surface area (Å²) in [6.45, 7) is 10.4. The summed E-state index contributed by atoms with van der Waals surface area (Å²) >= 11 is 5.92. The van der Waals surface area contributed by atoms with E-state index in [2.05, 4.69) is 15.3 Å². The van der Waals surface area contributed by atoms with Crippen LogP contribution in [-0.4, -0.2) is 34.1 Å². The molecule has 1 N–H and O–H groups in total. The van der Waals surface area contributed by atoms with E-state index < -0.39 is 0 Å². The molecule has 6 heteroatoms. The largest absolute Gasteiger partial charge is 0.373 e. The predicted octanol–water partition coefficient (Wildman–Crippen LogP) is 2.47. The van der Waals surface area contributed by atoms with E-state index in [0.717, 1.165) is 5.69 Å². The molecule has 1 aliphatic rings. The van der Waals surface area contributed by atoms with E-state index in [1.54, 1.807) is 0 Å². The van der Waals surface area contributed by atoms with E-state index in [0.29, 0.717) is 12.2 Å². The van der Waals surface area contributed by atoms with Crippen molar-refractivity contribution in [2.45, 2.75) is 52.2 Å². The molecule has 0 spiro atoms. The highest BCUT2D eigenvalue weighted by atomic mass is 35.5. The van der Waals surface area contributed by atoms with Crippen LogP contribution in [0, 0.1) is 12.8 Å². The number of carbonyl (C=O) groups excluding carboxylic acids is 1. The second-order valence-corrected chi connectivity index (χ2v) is 6.86. The fourth-order valence-electron chi connectivity index (χ4n) is 2.79. The van der Waals surface area contributed by atoms with Gasteiger partial charge in [0.2, 0.25) is 11.2 Å². The summed E-state index contributed by atoms with van der Waals surface area (Å²) in [5, 5.41) is 3.08. The molecule has 116 valence electrons. The Kier molecular flexibility index (Phi) is 4.54. The lowest BCUT2D eigenvalue weighted by Crippen LogP contribution is -2.34. The van der Waals surface area contributed by atoms with Crippen molar-refractivity contribution in [3.63, 3.8) is 0 Å². The van der Waals surface area contributed by atoms with E-state index in [9.17, 15) is 4.79 Å². The normalized spacial score (nSPS) is 24.0. The van der Waals surface area contributed by atoms with Crippen LogP contribution in [-0.2, 0) is 9.53 Å². The maximum atomic E-state index is 12.2. The molecule has 0 aliphatic carbocycles. The van der Waals surface area contributed by atoms with Gasteiger partial charge in [-0.3, -0.25) is 4.79 Å². The molecule has 1 aliphatic heterocycles. The number of nitrogens with zero attached hydrogens (tertiary/aromatic N) is 2. The second kappa shape index (κ2) is 5.89. The van der Waals surface area contributed by atoms with Gasteiger partial charge in [-0.05, 0) is 52.3 Å². The molecular weight excluding hydrogens is 290 g/mol. The fraction of sp³-hybridized carbons (Fsp3) is 0.667. The zero-order valence-corrected chi connectivity index (χ0v) is 13.9. The van der Waals surface area contributed by atoms with Crippen LogP contribution in [0.4, 0.5) is 0 Å². The Morgan fingerprint density at radius 3 is 2.67 bits per heavy atom. The van der Waals surface area contributed by atoms with Crippen LogP contribution in [0.25, 0.3) is 0 Å². The smallest absolute Gasteiger partial charge is 0.229 e. The van der Waals surface area contributed by atoms with Gasteiger partial charge >= 0.3 is 0 Å². The van der Waals surface area contributed by atoms with Gasteiger partial charge in [-0.1, -0.05) is 0 Å². The number of hydrogen-bond donors (Lipinski definition) is 1. The van der Waals surface area contributed by atoms with Crippen molar-refractivity contribution >= 4 is 17.5 Å². The molecule has 1 amide bonds. The Labute approximate surface area is 130 Å². The summed E-state index contributed by atoms with van der Waals surface area (Å²) in [7, 11) is 0. The van der Waals surface area contributed by atoms with Crippen LogP contribution in [0.15, 0.2) is 6.07 Å². The standard InChI is InChI=1S/C15H22ClN3O2/c1-8-6-11(19-14(16)18-8)12-10(7-17-13(12)20)9(2)21-15(3,4)5/h6,9-10,12H,7H2,1-5H3,(H,17,20)/t9-,10?,12-/m1/s1. The lowest BCUT2D eigenvalue weighted by molar-refractivity contribution is -0.122. The molecule has 1 aromatic heterocycles. The van der Waals surface area contributed by atoms with Gasteiger partial charge in [0.1, 0.15) is 0 Å². The average Bonchev–Trinajstić information content (AvgIpc) is 2.67. The highest BCUT2D eigenvalue weighted by Crippen LogP contribution is 2.33. The highest BCUT2D eigenvalue weighted by Gasteiger charge is 2.41. The van der Waals surface area contributed by atoms with Gasteiger partial charge in [-0.25, -0.2) is 9.97 Å². The molecule has 1 fully saturated rings. The van der Waals surface area contributed by atoms with Crippen molar-refractivity contribution in [2.24, 2.45) is 5.92 Å². The lowest BCUT2D eigenvalue weighted by Gasteiger charge is -2.30. The van der Waals surface area contributed by atoms with E-state index in [1.165, 1.54) is 0 Å². The van der Waals surface area contributed by atoms with E-state index in [1.807, 2.05) is 40.7 Å². The third kappa shape index (κ3) is 3.92. The third-order valence-corrected chi connectivity index (χ3v) is 3.70. The quantitative estimate of drug-likeness (QED) is 0.871. The molecule has 2 heterocycles. The number of rotatable bonds is 3. The molecular formula is C15H22ClN3O2. The van der Waals surface area contributed by atoms with Gasteiger partial charge in [-0.2, -0.15) is 0 Å². The van der Waals surface area contributed by atoms with Gasteiger partial charge in [0.15, 0.2) is 0 Å². The van der Waals surface area contributed by atoms with Crippen LogP contribution in [0.3, 0.4) is 0 Å². The van der Waals surface area contributed by atoms with Crippen molar-refractivity contribution in [2.75, 3.05) is 6.54 Å². The van der Waals surface area contributed by atoms with Crippen LogP contribution >= 0.6 is 11.6 Å². The topological polar surface area (TPSA) is 64.1 Å². The first-order valence-electron chi connectivity index (χ1n) is 7.14. The monoisotopic (exact) mass is 311 g/mol. The first-order chi connectivity index (χ1) is 9.67. The Hall–Kier alpha value is -1.20. The number of hydrogen-bond acceptors (Lipinski definition) is 4. The van der Waals surface area contributed by atoms with Crippen LogP contribution < -0.4 is 5.32 Å². The number of aromatic nitrogens is 2. The number of nitrogens with one attached hydrogen (secondary N) is 1. The fourth-order valence-corrected chi connectivity index (χ4v) is 3.02. The van der Waals surface area contributed by atoms with Crippen molar-refractivity contribution in [1.82, 2.24) is 15.3 Å². The summed E-state index contributed by atoms with van der Waals surface area (Å²) in [6.07, 6.45) is -0.0667. The van der Waals surface area contributed by atoms with Gasteiger partial charge < -0.3 is 10.1 Å². The number of amides is 1. The first-order valence-corrected chi connectivity index (χ1v) is 7.52. The summed E-state index contributed by atoms with van der Waals surface area (Å²) in [5.41, 5.74) is 1.17. The average molecular weight is 312 g/mol. The Morgan fingerprint density at radius 1 is 1.43 bits per heavy atom. The molecule has 1 saturated heterocycles. The Bertz CT molecular complexity index is 522. The number of carbonyl (C=O) groups is 1. The zero-order chi connectivity index (χ0) is 15.8. The van der Waals surface area contributed by atoms with Crippen molar-refractivity contribution in [3.8, 4) is 0 Å². The molecule has 0 aromatic carbocycles. The summed E-state index contributed by atoms with van der Waals surface area (Å²) in [4.78, 5) is 20.5. The van der Waals surface area contributed by atoms with Crippen LogP contribution in [0.1, 0.15) is 45.0 Å². The number of ether oxygens (including phenoxy) is 1. The highest BCUT2D eigenvalue weighted by molar-refractivity contribution is 6.28. The molecule has 3 atom stereocenters. The van der Waals surface area contributed by atoms with Gasteiger partial charge in [0.25, 0.3) is 0 Å². The second-order valence-electron chi connectivity index (χ2n) is 6.53. The van der Waals surface area contributed by atoms with Crippen molar-refractivity contribution < 1.29 is 9.53 Å². The summed E-state index contributed by atoms with van der Waals surface area (Å²) in [5.74, 6) is -0.345. The predicted molar refractivity (Wildman–Crippen MR) is 81.3 cm³/mol. The molecule has 0 radical (unpaired) electrons. The Balaban J connectivity index is 2.28. The third-order valence-electron chi connectivity index (χ3n) is 3.53. The minimum absolute atomic E-state index is 0.0291. The van der Waals surface area contributed by atoms with Crippen molar-refractivity contribution in [1.29, 1.82) is 0 Å². The molecule has 2 rings (SSSR count). The number of halogens is 1. The molecule has 0 saturated carbocycles. The minimum atomic E-state index is -0.346. The Morgan fingerprint density at radius 2 is 2.10 bits per heavy atom. The molecule has 1 aromatic rings. The van der Waals surface area contributed by atoms with Crippen molar-refractivity contribution in [3.05, 3.63) is 22.7 Å². The van der Waals surface area contributed by atoms with E-state index in [-0.39, 0.29) is 34.7 Å². The molecule has 21 heavy (non-hydrogen) atoms. The number of aryl methyl sites for hydroxylation is 1.